The van der Waals surface area contributed by atoms with E-state index in [0.717, 1.165) is 17.0 Å². The number of H-pyrrole nitrogens is 1. The van der Waals surface area contributed by atoms with Crippen LogP contribution >= 0.6 is 12.2 Å². The quantitative estimate of drug-likeness (QED) is 0.838. The number of nitrogens with one attached hydrogen (secondary N) is 1. The van der Waals surface area contributed by atoms with Crippen LogP contribution in [0, 0.1) is 4.64 Å². The standard InChI is InChI=1S/C14H13NO3S/c1-2-18-10-5-3-9(4-6-10)12-8-7-11(14(16)17)13(19)15-12/h3-8H,2H2,1H3,(H,15,19)(H,16,17). The average Bonchev–Trinajstić information content (AvgIpc) is 2.39. The average molecular weight is 275 g/mol. The molecule has 0 aliphatic heterocycles. The van der Waals surface area contributed by atoms with Crippen LogP contribution in [0.15, 0.2) is 36.4 Å². The molecule has 0 saturated heterocycles. The van der Waals surface area contributed by atoms with E-state index in [0.29, 0.717) is 6.61 Å². The number of hydrogen-bond acceptors (Lipinski definition) is 3. The van der Waals surface area contributed by atoms with Crippen molar-refractivity contribution in [2.45, 2.75) is 6.92 Å². The summed E-state index contributed by atoms with van der Waals surface area (Å²) in [6, 6.07) is 10.7. The first kappa shape index (κ1) is 13.3. The molecule has 2 rings (SSSR count). The van der Waals surface area contributed by atoms with Crippen molar-refractivity contribution in [1.82, 2.24) is 4.98 Å². The number of carbonyl (C=O) groups is 1. The van der Waals surface area contributed by atoms with Gasteiger partial charge in [-0.3, -0.25) is 0 Å². The molecule has 2 aromatic rings. The summed E-state index contributed by atoms with van der Waals surface area (Å²) >= 11 is 5.02. The maximum Gasteiger partial charge on any atom is 0.338 e. The Bertz CT molecular complexity index is 646. The minimum Gasteiger partial charge on any atom is -0.494 e. The van der Waals surface area contributed by atoms with E-state index < -0.39 is 5.97 Å². The monoisotopic (exact) mass is 275 g/mol. The van der Waals surface area contributed by atoms with Gasteiger partial charge in [-0.15, -0.1) is 0 Å². The lowest BCUT2D eigenvalue weighted by molar-refractivity contribution is 0.0696. The van der Waals surface area contributed by atoms with E-state index in [-0.39, 0.29) is 10.2 Å². The van der Waals surface area contributed by atoms with Crippen LogP contribution in [-0.2, 0) is 0 Å². The van der Waals surface area contributed by atoms with Crippen molar-refractivity contribution in [3.63, 3.8) is 0 Å². The summed E-state index contributed by atoms with van der Waals surface area (Å²) < 4.78 is 5.58. The molecule has 0 amide bonds. The predicted molar refractivity (Wildman–Crippen MR) is 75.2 cm³/mol. The molecule has 0 saturated carbocycles. The highest BCUT2D eigenvalue weighted by atomic mass is 32.1. The number of carboxylic acid groups (broad SMARTS) is 1. The van der Waals surface area contributed by atoms with Gasteiger partial charge >= 0.3 is 5.97 Å². The molecule has 2 N–H and O–H groups in total. The fourth-order valence-electron chi connectivity index (χ4n) is 1.71. The first-order valence-corrected chi connectivity index (χ1v) is 6.22. The minimum absolute atomic E-state index is 0.102. The molecule has 0 aliphatic carbocycles. The van der Waals surface area contributed by atoms with Gasteiger partial charge in [0.2, 0.25) is 0 Å². The molecule has 0 spiro atoms. The fraction of sp³-hybridized carbons (Fsp3) is 0.143. The van der Waals surface area contributed by atoms with Gasteiger partial charge in [-0.05, 0) is 48.9 Å². The summed E-state index contributed by atoms with van der Waals surface area (Å²) in [4.78, 5) is 13.8. The minimum atomic E-state index is -1.03. The van der Waals surface area contributed by atoms with E-state index in [1.54, 1.807) is 6.07 Å². The van der Waals surface area contributed by atoms with Gasteiger partial charge in [0.1, 0.15) is 10.4 Å². The van der Waals surface area contributed by atoms with Gasteiger partial charge in [-0.1, -0.05) is 12.2 Å². The van der Waals surface area contributed by atoms with Crippen LogP contribution in [0.25, 0.3) is 11.3 Å². The number of aromatic carboxylic acids is 1. The number of aromatic amines is 1. The first-order valence-electron chi connectivity index (χ1n) is 5.81. The van der Waals surface area contributed by atoms with E-state index >= 15 is 0 Å². The number of benzene rings is 1. The molecule has 1 aromatic heterocycles. The SMILES string of the molecule is CCOc1ccc(-c2ccc(C(=O)O)c(=S)[nH]2)cc1. The van der Waals surface area contributed by atoms with Crippen molar-refractivity contribution in [1.29, 1.82) is 0 Å². The molecule has 0 fully saturated rings. The zero-order valence-electron chi connectivity index (χ0n) is 10.3. The molecular weight excluding hydrogens is 262 g/mol. The van der Waals surface area contributed by atoms with Crippen molar-refractivity contribution in [3.05, 3.63) is 46.6 Å². The third kappa shape index (κ3) is 3.00. The van der Waals surface area contributed by atoms with E-state index in [1.807, 2.05) is 31.2 Å². The highest BCUT2D eigenvalue weighted by Gasteiger charge is 2.06. The smallest absolute Gasteiger partial charge is 0.338 e. The van der Waals surface area contributed by atoms with Crippen LogP contribution in [0.4, 0.5) is 0 Å². The Morgan fingerprint density at radius 3 is 2.47 bits per heavy atom. The van der Waals surface area contributed by atoms with Crippen LogP contribution in [0.1, 0.15) is 17.3 Å². The summed E-state index contributed by atoms with van der Waals surface area (Å²) in [6.07, 6.45) is 0. The Morgan fingerprint density at radius 1 is 1.26 bits per heavy atom. The van der Waals surface area contributed by atoms with Crippen LogP contribution in [0.5, 0.6) is 5.75 Å². The molecule has 0 unspecified atom stereocenters. The van der Waals surface area contributed by atoms with Gasteiger partial charge in [0.15, 0.2) is 0 Å². The summed E-state index contributed by atoms with van der Waals surface area (Å²) in [5.41, 5.74) is 1.80. The molecule has 19 heavy (non-hydrogen) atoms. The normalized spacial score (nSPS) is 10.2. The lowest BCUT2D eigenvalue weighted by Gasteiger charge is -2.06. The molecule has 1 aromatic carbocycles. The topological polar surface area (TPSA) is 62.3 Å². The Kier molecular flexibility index (Phi) is 3.97. The number of hydrogen-bond donors (Lipinski definition) is 2. The van der Waals surface area contributed by atoms with E-state index in [9.17, 15) is 4.79 Å². The largest absolute Gasteiger partial charge is 0.494 e. The highest BCUT2D eigenvalue weighted by molar-refractivity contribution is 7.71. The molecule has 1 heterocycles. The predicted octanol–water partition coefficient (Wildman–Crippen LogP) is 3.51. The van der Waals surface area contributed by atoms with Crippen molar-refractivity contribution >= 4 is 18.2 Å². The van der Waals surface area contributed by atoms with E-state index in [4.69, 9.17) is 22.1 Å². The molecule has 4 nitrogen and oxygen atoms in total. The van der Waals surface area contributed by atoms with Gasteiger partial charge in [-0.2, -0.15) is 0 Å². The summed E-state index contributed by atoms with van der Waals surface area (Å²) in [6.45, 7) is 2.55. The lowest BCUT2D eigenvalue weighted by atomic mass is 10.1. The Hall–Kier alpha value is -2.14. The zero-order chi connectivity index (χ0) is 13.8. The second kappa shape index (κ2) is 5.67. The Balaban J connectivity index is 2.34. The van der Waals surface area contributed by atoms with Crippen LogP contribution in [-0.4, -0.2) is 22.7 Å². The fourth-order valence-corrected chi connectivity index (χ4v) is 1.97. The summed E-state index contributed by atoms with van der Waals surface area (Å²) in [5, 5.41) is 8.92. The molecule has 0 bridgehead atoms. The zero-order valence-corrected chi connectivity index (χ0v) is 11.2. The second-order valence-electron chi connectivity index (χ2n) is 3.88. The van der Waals surface area contributed by atoms with Crippen LogP contribution in [0.3, 0.4) is 0 Å². The molecule has 0 radical (unpaired) electrons. The number of ether oxygens (including phenoxy) is 1. The van der Waals surface area contributed by atoms with Crippen LogP contribution in [0.2, 0.25) is 0 Å². The Morgan fingerprint density at radius 2 is 1.95 bits per heavy atom. The van der Waals surface area contributed by atoms with Gasteiger partial charge in [0.05, 0.1) is 12.2 Å². The maximum atomic E-state index is 10.9. The van der Waals surface area contributed by atoms with Gasteiger partial charge in [-0.25, -0.2) is 4.79 Å². The third-order valence-corrected chi connectivity index (χ3v) is 2.94. The van der Waals surface area contributed by atoms with Gasteiger partial charge in [0.25, 0.3) is 0 Å². The third-order valence-electron chi connectivity index (χ3n) is 2.62. The van der Waals surface area contributed by atoms with Crippen molar-refractivity contribution in [3.8, 4) is 17.0 Å². The number of rotatable bonds is 4. The van der Waals surface area contributed by atoms with E-state index in [1.165, 1.54) is 6.07 Å². The number of carboxylic acids is 1. The molecule has 98 valence electrons. The van der Waals surface area contributed by atoms with Crippen molar-refractivity contribution < 1.29 is 14.6 Å². The molecule has 5 heteroatoms. The van der Waals surface area contributed by atoms with Crippen molar-refractivity contribution in [2.75, 3.05) is 6.61 Å². The first-order chi connectivity index (χ1) is 9.11. The summed E-state index contributed by atoms with van der Waals surface area (Å²) in [7, 11) is 0. The lowest BCUT2D eigenvalue weighted by Crippen LogP contribution is -1.99. The van der Waals surface area contributed by atoms with Gasteiger partial charge < -0.3 is 14.8 Å². The Labute approximate surface area is 115 Å². The highest BCUT2D eigenvalue weighted by Crippen LogP contribution is 2.21. The van der Waals surface area contributed by atoms with E-state index in [2.05, 4.69) is 4.98 Å². The molecule has 0 atom stereocenters. The second-order valence-corrected chi connectivity index (χ2v) is 4.29. The number of pyridine rings is 1. The summed E-state index contributed by atoms with van der Waals surface area (Å²) in [5.74, 6) is -0.230. The number of aromatic nitrogens is 1. The van der Waals surface area contributed by atoms with Crippen molar-refractivity contribution in [2.24, 2.45) is 0 Å². The molecular formula is C14H13NO3S. The van der Waals surface area contributed by atoms with Crippen LogP contribution < -0.4 is 4.74 Å². The van der Waals surface area contributed by atoms with Gasteiger partial charge in [0, 0.05) is 5.69 Å². The maximum absolute atomic E-state index is 10.9. The molecule has 0 aliphatic rings.